The first-order chi connectivity index (χ1) is 7.67. The van der Waals surface area contributed by atoms with Crippen LogP contribution in [0.4, 0.5) is 0 Å². The molecule has 4 heteroatoms. The highest BCUT2D eigenvalue weighted by Gasteiger charge is 2.10. The zero-order valence-corrected chi connectivity index (χ0v) is 9.06. The third-order valence-corrected chi connectivity index (χ3v) is 2.57. The van der Waals surface area contributed by atoms with Gasteiger partial charge in [-0.25, -0.2) is 4.79 Å². The third kappa shape index (κ3) is 1.48. The standard InChI is InChI=1S/C12H11NO3/c1-13-6-9(7-14)10-5-8(12(15)16-2)3-4-11(10)13/h3-7H,1-2H3. The van der Waals surface area contributed by atoms with Gasteiger partial charge in [0.1, 0.15) is 0 Å². The number of benzene rings is 1. The second-order valence-corrected chi connectivity index (χ2v) is 3.54. The summed E-state index contributed by atoms with van der Waals surface area (Å²) in [7, 11) is 3.19. The SMILES string of the molecule is COC(=O)c1ccc2c(c1)c(C=O)cn2C. The van der Waals surface area contributed by atoms with Gasteiger partial charge in [0, 0.05) is 29.7 Å². The number of rotatable bonds is 2. The van der Waals surface area contributed by atoms with E-state index in [1.807, 2.05) is 11.6 Å². The molecule has 0 saturated carbocycles. The fourth-order valence-electron chi connectivity index (χ4n) is 1.76. The number of hydrogen-bond donors (Lipinski definition) is 0. The van der Waals surface area contributed by atoms with E-state index in [1.54, 1.807) is 24.4 Å². The van der Waals surface area contributed by atoms with Crippen molar-refractivity contribution in [2.24, 2.45) is 7.05 Å². The fraction of sp³-hybridized carbons (Fsp3) is 0.167. The lowest BCUT2D eigenvalue weighted by atomic mass is 10.1. The smallest absolute Gasteiger partial charge is 0.337 e. The highest BCUT2D eigenvalue weighted by Crippen LogP contribution is 2.21. The summed E-state index contributed by atoms with van der Waals surface area (Å²) in [6.45, 7) is 0. The number of ether oxygens (including phenoxy) is 1. The number of aryl methyl sites for hydroxylation is 1. The first kappa shape index (κ1) is 10.4. The Morgan fingerprint density at radius 3 is 2.81 bits per heavy atom. The highest BCUT2D eigenvalue weighted by atomic mass is 16.5. The monoisotopic (exact) mass is 217 g/mol. The normalized spacial score (nSPS) is 10.4. The molecule has 0 spiro atoms. The van der Waals surface area contributed by atoms with Crippen molar-refractivity contribution < 1.29 is 14.3 Å². The Labute approximate surface area is 92.4 Å². The van der Waals surface area contributed by atoms with Gasteiger partial charge in [0.2, 0.25) is 0 Å². The predicted molar refractivity (Wildman–Crippen MR) is 59.6 cm³/mol. The molecule has 0 unspecified atom stereocenters. The van der Waals surface area contributed by atoms with E-state index in [0.29, 0.717) is 11.1 Å². The second kappa shape index (κ2) is 3.81. The molecule has 0 aliphatic carbocycles. The lowest BCUT2D eigenvalue weighted by Crippen LogP contribution is -2.00. The molecule has 0 aliphatic heterocycles. The molecule has 2 aromatic rings. The first-order valence-electron chi connectivity index (χ1n) is 4.80. The number of carbonyl (C=O) groups excluding carboxylic acids is 2. The van der Waals surface area contributed by atoms with Gasteiger partial charge in [0.25, 0.3) is 0 Å². The summed E-state index contributed by atoms with van der Waals surface area (Å²) in [6, 6.07) is 5.15. The summed E-state index contributed by atoms with van der Waals surface area (Å²) in [6.07, 6.45) is 2.52. The van der Waals surface area contributed by atoms with Crippen LogP contribution >= 0.6 is 0 Å². The van der Waals surface area contributed by atoms with Crippen molar-refractivity contribution >= 4 is 23.2 Å². The second-order valence-electron chi connectivity index (χ2n) is 3.54. The molecule has 16 heavy (non-hydrogen) atoms. The van der Waals surface area contributed by atoms with Gasteiger partial charge < -0.3 is 9.30 Å². The third-order valence-electron chi connectivity index (χ3n) is 2.57. The molecule has 1 aromatic heterocycles. The number of fused-ring (bicyclic) bond motifs is 1. The van der Waals surface area contributed by atoms with Crippen molar-refractivity contribution in [3.8, 4) is 0 Å². The molecule has 0 atom stereocenters. The van der Waals surface area contributed by atoms with E-state index < -0.39 is 5.97 Å². The van der Waals surface area contributed by atoms with Crippen LogP contribution in [0.2, 0.25) is 0 Å². The van der Waals surface area contributed by atoms with E-state index in [1.165, 1.54) is 7.11 Å². The summed E-state index contributed by atoms with van der Waals surface area (Å²) >= 11 is 0. The summed E-state index contributed by atoms with van der Waals surface area (Å²) in [5, 5.41) is 0.764. The molecule has 1 heterocycles. The molecule has 0 radical (unpaired) electrons. The van der Waals surface area contributed by atoms with Gasteiger partial charge in [-0.1, -0.05) is 0 Å². The zero-order chi connectivity index (χ0) is 11.7. The average molecular weight is 217 g/mol. The largest absolute Gasteiger partial charge is 0.465 e. The molecule has 2 rings (SSSR count). The molecular formula is C12H11NO3. The number of aromatic nitrogens is 1. The van der Waals surface area contributed by atoms with Gasteiger partial charge in [0.15, 0.2) is 6.29 Å². The van der Waals surface area contributed by atoms with Crippen molar-refractivity contribution in [3.05, 3.63) is 35.5 Å². The Morgan fingerprint density at radius 2 is 2.19 bits per heavy atom. The van der Waals surface area contributed by atoms with Crippen molar-refractivity contribution in [3.63, 3.8) is 0 Å². The van der Waals surface area contributed by atoms with Gasteiger partial charge in [-0.05, 0) is 18.2 Å². The maximum absolute atomic E-state index is 11.3. The summed E-state index contributed by atoms with van der Waals surface area (Å²) in [4.78, 5) is 22.2. The maximum atomic E-state index is 11.3. The van der Waals surface area contributed by atoms with Crippen LogP contribution in [0.1, 0.15) is 20.7 Å². The van der Waals surface area contributed by atoms with Crippen LogP contribution in [0, 0.1) is 0 Å². The van der Waals surface area contributed by atoms with Crippen molar-refractivity contribution in [2.75, 3.05) is 7.11 Å². The van der Waals surface area contributed by atoms with Crippen LogP contribution in [0.5, 0.6) is 0 Å². The molecule has 0 aliphatic rings. The lowest BCUT2D eigenvalue weighted by Gasteiger charge is -2.00. The van der Waals surface area contributed by atoms with Crippen LogP contribution < -0.4 is 0 Å². The lowest BCUT2D eigenvalue weighted by molar-refractivity contribution is 0.0601. The number of nitrogens with zero attached hydrogens (tertiary/aromatic N) is 1. The molecule has 1 aromatic carbocycles. The van der Waals surface area contributed by atoms with Crippen molar-refractivity contribution in [2.45, 2.75) is 0 Å². The zero-order valence-electron chi connectivity index (χ0n) is 9.06. The quantitative estimate of drug-likeness (QED) is 0.569. The van der Waals surface area contributed by atoms with E-state index in [0.717, 1.165) is 17.2 Å². The van der Waals surface area contributed by atoms with Gasteiger partial charge in [-0.3, -0.25) is 4.79 Å². The molecule has 0 saturated heterocycles. The maximum Gasteiger partial charge on any atom is 0.337 e. The van der Waals surface area contributed by atoms with E-state index in [9.17, 15) is 9.59 Å². The van der Waals surface area contributed by atoms with Crippen LogP contribution in [0.25, 0.3) is 10.9 Å². The van der Waals surface area contributed by atoms with Crippen LogP contribution in [-0.4, -0.2) is 23.9 Å². The van der Waals surface area contributed by atoms with Crippen LogP contribution in [0.15, 0.2) is 24.4 Å². The van der Waals surface area contributed by atoms with Gasteiger partial charge in [0.05, 0.1) is 12.7 Å². The Morgan fingerprint density at radius 1 is 1.44 bits per heavy atom. The summed E-state index contributed by atoms with van der Waals surface area (Å²) in [5.74, 6) is -0.400. The highest BCUT2D eigenvalue weighted by molar-refractivity contribution is 6.01. The molecule has 4 nitrogen and oxygen atoms in total. The molecule has 0 amide bonds. The summed E-state index contributed by atoms with van der Waals surface area (Å²) < 4.78 is 6.48. The molecule has 0 N–H and O–H groups in total. The van der Waals surface area contributed by atoms with Crippen molar-refractivity contribution in [1.29, 1.82) is 0 Å². The van der Waals surface area contributed by atoms with Gasteiger partial charge >= 0.3 is 5.97 Å². The van der Waals surface area contributed by atoms with E-state index in [2.05, 4.69) is 4.74 Å². The first-order valence-corrected chi connectivity index (χ1v) is 4.80. The minimum Gasteiger partial charge on any atom is -0.465 e. The number of esters is 1. The minimum absolute atomic E-state index is 0.400. The summed E-state index contributed by atoms with van der Waals surface area (Å²) in [5.41, 5.74) is 1.93. The molecule has 82 valence electrons. The van der Waals surface area contributed by atoms with Gasteiger partial charge in [-0.15, -0.1) is 0 Å². The average Bonchev–Trinajstić information content (AvgIpc) is 2.64. The van der Waals surface area contributed by atoms with Crippen LogP contribution in [-0.2, 0) is 11.8 Å². The van der Waals surface area contributed by atoms with E-state index in [4.69, 9.17) is 0 Å². The fourth-order valence-corrected chi connectivity index (χ4v) is 1.76. The molecule has 0 bridgehead atoms. The molecular weight excluding hydrogens is 206 g/mol. The number of carbonyl (C=O) groups is 2. The van der Waals surface area contributed by atoms with E-state index >= 15 is 0 Å². The Kier molecular flexibility index (Phi) is 2.48. The Bertz CT molecular complexity index is 569. The Balaban J connectivity index is 2.68. The Hall–Kier alpha value is -2.10. The predicted octanol–water partition coefficient (Wildman–Crippen LogP) is 1.78. The topological polar surface area (TPSA) is 48.3 Å². The van der Waals surface area contributed by atoms with Crippen molar-refractivity contribution in [1.82, 2.24) is 4.57 Å². The van der Waals surface area contributed by atoms with Gasteiger partial charge in [-0.2, -0.15) is 0 Å². The minimum atomic E-state index is -0.400. The number of hydrogen-bond acceptors (Lipinski definition) is 3. The van der Waals surface area contributed by atoms with Crippen LogP contribution in [0.3, 0.4) is 0 Å². The number of methoxy groups -OCH3 is 1. The number of aldehydes is 1. The molecule has 0 fully saturated rings. The van der Waals surface area contributed by atoms with E-state index in [-0.39, 0.29) is 0 Å².